The second-order valence-corrected chi connectivity index (χ2v) is 9.52. The number of nitrogens with two attached hydrogens (primary N) is 2. The Morgan fingerprint density at radius 3 is 2.25 bits per heavy atom. The molecule has 2 heterocycles. The van der Waals surface area contributed by atoms with Crippen LogP contribution in [0.4, 0.5) is 0 Å². The number of carbonyl (C=O) groups excluding carboxylic acids is 2. The van der Waals surface area contributed by atoms with Gasteiger partial charge in [-0.05, 0) is 58.4 Å². The van der Waals surface area contributed by atoms with E-state index in [1.165, 1.54) is 6.20 Å². The van der Waals surface area contributed by atoms with E-state index in [2.05, 4.69) is 25.6 Å². The highest BCUT2D eigenvalue weighted by molar-refractivity contribution is 6.00. The summed E-state index contributed by atoms with van der Waals surface area (Å²) in [6.07, 6.45) is 3.01. The Morgan fingerprint density at radius 1 is 1.00 bits per heavy atom. The van der Waals surface area contributed by atoms with E-state index in [0.717, 1.165) is 22.2 Å². The van der Waals surface area contributed by atoms with Crippen LogP contribution in [-0.4, -0.2) is 50.9 Å². The molecule has 7 N–H and O–H groups in total. The zero-order valence-electron chi connectivity index (χ0n) is 19.2. The van der Waals surface area contributed by atoms with Crippen molar-refractivity contribution in [2.24, 2.45) is 11.5 Å². The summed E-state index contributed by atoms with van der Waals surface area (Å²) in [6, 6.07) is 5.43. The lowest BCUT2D eigenvalue weighted by molar-refractivity contribution is 0.0935. The molecule has 9 nitrogen and oxygen atoms in total. The van der Waals surface area contributed by atoms with Crippen molar-refractivity contribution in [1.82, 2.24) is 25.6 Å². The lowest BCUT2D eigenvalue weighted by Gasteiger charge is -2.18. The number of nitrogens with zero attached hydrogens (tertiary/aromatic N) is 2. The molecule has 9 heteroatoms. The fraction of sp³-hybridized carbons (Fsp3) is 0.391. The summed E-state index contributed by atoms with van der Waals surface area (Å²) in [4.78, 5) is 36.9. The lowest BCUT2D eigenvalue weighted by atomic mass is 10.1. The number of amides is 2. The van der Waals surface area contributed by atoms with Gasteiger partial charge in [-0.25, -0.2) is 4.98 Å². The first-order valence-corrected chi connectivity index (χ1v) is 10.4. The highest BCUT2D eigenvalue weighted by Crippen LogP contribution is 2.29. The number of carbonyl (C=O) groups is 2. The van der Waals surface area contributed by atoms with Crippen molar-refractivity contribution in [1.29, 1.82) is 0 Å². The van der Waals surface area contributed by atoms with Crippen LogP contribution in [0.5, 0.6) is 0 Å². The van der Waals surface area contributed by atoms with Gasteiger partial charge in [0.2, 0.25) is 0 Å². The number of benzene rings is 1. The van der Waals surface area contributed by atoms with Crippen molar-refractivity contribution in [2.45, 2.75) is 45.7 Å². The van der Waals surface area contributed by atoms with E-state index in [4.69, 9.17) is 11.5 Å². The first-order chi connectivity index (χ1) is 14.8. The van der Waals surface area contributed by atoms with Gasteiger partial charge >= 0.3 is 0 Å². The predicted molar refractivity (Wildman–Crippen MR) is 125 cm³/mol. The number of nitrogens with one attached hydrogen (secondary N) is 3. The number of hydrogen-bond acceptors (Lipinski definition) is 6. The maximum atomic E-state index is 12.5. The summed E-state index contributed by atoms with van der Waals surface area (Å²) < 4.78 is 0. The number of H-pyrrole nitrogens is 1. The van der Waals surface area contributed by atoms with Gasteiger partial charge in [-0.15, -0.1) is 0 Å². The molecule has 0 saturated heterocycles. The molecule has 0 aliphatic heterocycles. The Balaban J connectivity index is 1.88. The molecular weight excluding hydrogens is 406 g/mol. The zero-order chi connectivity index (χ0) is 23.7. The van der Waals surface area contributed by atoms with E-state index < -0.39 is 11.1 Å². The first-order valence-electron chi connectivity index (χ1n) is 10.4. The number of aromatic amines is 1. The molecule has 2 aromatic heterocycles. The third-order valence-corrected chi connectivity index (χ3v) is 4.85. The van der Waals surface area contributed by atoms with Gasteiger partial charge in [0, 0.05) is 40.6 Å². The molecular formula is C23H31N7O2. The number of aryl methyl sites for hydroxylation is 1. The van der Waals surface area contributed by atoms with E-state index >= 15 is 0 Å². The molecule has 3 aromatic rings. The minimum atomic E-state index is -0.529. The molecule has 0 spiro atoms. The van der Waals surface area contributed by atoms with Gasteiger partial charge in [0.05, 0.1) is 18.1 Å². The molecule has 32 heavy (non-hydrogen) atoms. The summed E-state index contributed by atoms with van der Waals surface area (Å²) in [5, 5.41) is 6.52. The van der Waals surface area contributed by atoms with Gasteiger partial charge in [-0.1, -0.05) is 0 Å². The maximum absolute atomic E-state index is 12.5. The average molecular weight is 438 g/mol. The average Bonchev–Trinajstić information content (AvgIpc) is 3.05. The van der Waals surface area contributed by atoms with Crippen LogP contribution in [0, 0.1) is 6.92 Å². The standard InChI is InChI=1S/C23H31N7O2/c1-13-15-8-14(20(31)27-11-22(2,3)24)6-7-16(15)30-19(13)17-9-26-10-18(29-17)21(32)28-12-23(4,5)25/h6-10,30H,11-12,24-25H2,1-5H3,(H,27,31)(H,28,32). The van der Waals surface area contributed by atoms with Crippen molar-refractivity contribution >= 4 is 22.7 Å². The third-order valence-electron chi connectivity index (χ3n) is 4.85. The Kier molecular flexibility index (Phi) is 6.34. The molecule has 170 valence electrons. The molecule has 0 saturated carbocycles. The topological polar surface area (TPSA) is 152 Å². The summed E-state index contributed by atoms with van der Waals surface area (Å²) in [7, 11) is 0. The van der Waals surface area contributed by atoms with Crippen LogP contribution < -0.4 is 22.1 Å². The Hall–Kier alpha value is -3.30. The van der Waals surface area contributed by atoms with E-state index in [1.807, 2.05) is 46.8 Å². The van der Waals surface area contributed by atoms with Gasteiger partial charge in [-0.2, -0.15) is 0 Å². The Labute approximate surface area is 187 Å². The Bertz CT molecular complexity index is 1150. The fourth-order valence-electron chi connectivity index (χ4n) is 3.13. The van der Waals surface area contributed by atoms with E-state index in [-0.39, 0.29) is 17.5 Å². The van der Waals surface area contributed by atoms with Crippen molar-refractivity contribution < 1.29 is 9.59 Å². The van der Waals surface area contributed by atoms with Crippen molar-refractivity contribution in [3.05, 3.63) is 47.4 Å². The van der Waals surface area contributed by atoms with Crippen LogP contribution in [0.2, 0.25) is 0 Å². The monoisotopic (exact) mass is 437 g/mol. The SMILES string of the molecule is Cc1c(-c2cncc(C(=O)NCC(C)(C)N)n2)[nH]c2ccc(C(=O)NCC(C)(C)N)cc12. The van der Waals surface area contributed by atoms with Crippen LogP contribution in [0.3, 0.4) is 0 Å². The maximum Gasteiger partial charge on any atom is 0.271 e. The quantitative estimate of drug-likeness (QED) is 0.380. The van der Waals surface area contributed by atoms with E-state index in [1.54, 1.807) is 12.3 Å². The van der Waals surface area contributed by atoms with Gasteiger partial charge in [0.15, 0.2) is 0 Å². The van der Waals surface area contributed by atoms with Crippen LogP contribution in [0.25, 0.3) is 22.3 Å². The lowest BCUT2D eigenvalue weighted by Crippen LogP contribution is -2.45. The molecule has 0 aliphatic rings. The molecule has 0 radical (unpaired) electrons. The van der Waals surface area contributed by atoms with Gasteiger partial charge in [0.25, 0.3) is 11.8 Å². The smallest absolute Gasteiger partial charge is 0.271 e. The Morgan fingerprint density at radius 2 is 1.62 bits per heavy atom. The number of aromatic nitrogens is 3. The molecule has 1 aromatic carbocycles. The van der Waals surface area contributed by atoms with Crippen LogP contribution >= 0.6 is 0 Å². The zero-order valence-corrected chi connectivity index (χ0v) is 19.2. The van der Waals surface area contributed by atoms with Crippen molar-refractivity contribution in [3.63, 3.8) is 0 Å². The number of rotatable bonds is 7. The molecule has 0 unspecified atom stereocenters. The van der Waals surface area contributed by atoms with Gasteiger partial charge in [0.1, 0.15) is 11.4 Å². The van der Waals surface area contributed by atoms with Gasteiger partial charge < -0.3 is 27.1 Å². The molecule has 0 bridgehead atoms. The largest absolute Gasteiger partial charge is 0.353 e. The highest BCUT2D eigenvalue weighted by Gasteiger charge is 2.18. The summed E-state index contributed by atoms with van der Waals surface area (Å²) in [5.41, 5.74) is 14.6. The summed E-state index contributed by atoms with van der Waals surface area (Å²) >= 11 is 0. The predicted octanol–water partition coefficient (Wildman–Crippen LogP) is 1.87. The second-order valence-electron chi connectivity index (χ2n) is 9.52. The van der Waals surface area contributed by atoms with E-state index in [0.29, 0.717) is 24.3 Å². The summed E-state index contributed by atoms with van der Waals surface area (Å²) in [5.74, 6) is -0.526. The van der Waals surface area contributed by atoms with E-state index in [9.17, 15) is 9.59 Å². The molecule has 0 fully saturated rings. The minimum Gasteiger partial charge on any atom is -0.353 e. The molecule has 3 rings (SSSR count). The normalized spacial score (nSPS) is 12.1. The molecule has 2 amide bonds. The van der Waals surface area contributed by atoms with Gasteiger partial charge in [-0.3, -0.25) is 14.6 Å². The van der Waals surface area contributed by atoms with Crippen LogP contribution in [-0.2, 0) is 0 Å². The van der Waals surface area contributed by atoms with Crippen molar-refractivity contribution in [3.8, 4) is 11.4 Å². The number of hydrogen-bond donors (Lipinski definition) is 5. The van der Waals surface area contributed by atoms with Crippen LogP contribution in [0.15, 0.2) is 30.6 Å². The third kappa shape index (κ3) is 5.68. The minimum absolute atomic E-state index is 0.186. The number of fused-ring (bicyclic) bond motifs is 1. The second kappa shape index (κ2) is 8.68. The molecule has 0 aliphatic carbocycles. The van der Waals surface area contributed by atoms with Crippen molar-refractivity contribution in [2.75, 3.05) is 13.1 Å². The first kappa shape index (κ1) is 23.4. The highest BCUT2D eigenvalue weighted by atomic mass is 16.2. The van der Waals surface area contributed by atoms with Crippen LogP contribution in [0.1, 0.15) is 54.1 Å². The fourth-order valence-corrected chi connectivity index (χ4v) is 3.13. The summed E-state index contributed by atoms with van der Waals surface area (Å²) in [6.45, 7) is 9.98. The molecule has 0 atom stereocenters.